The van der Waals surface area contributed by atoms with Gasteiger partial charge < -0.3 is 10.2 Å². The predicted octanol–water partition coefficient (Wildman–Crippen LogP) is 4.08. The van der Waals surface area contributed by atoms with Crippen LogP contribution >= 0.6 is 12.4 Å². The first-order chi connectivity index (χ1) is 13.3. The van der Waals surface area contributed by atoms with Gasteiger partial charge in [-0.2, -0.15) is 18.3 Å². The number of likely N-dealkylation sites (tertiary alicyclic amines) is 1. The van der Waals surface area contributed by atoms with Crippen LogP contribution in [0.3, 0.4) is 0 Å². The number of hydrogen-bond acceptors (Lipinski definition) is 3. The highest BCUT2D eigenvalue weighted by Gasteiger charge is 2.41. The van der Waals surface area contributed by atoms with Crippen molar-refractivity contribution >= 4 is 18.3 Å². The molecule has 0 spiro atoms. The van der Waals surface area contributed by atoms with Crippen LogP contribution < -0.4 is 5.32 Å². The molecular formula is C20H26ClF3N4O. The molecule has 0 unspecified atom stereocenters. The molecule has 1 amide bonds. The van der Waals surface area contributed by atoms with Gasteiger partial charge >= 0.3 is 6.18 Å². The number of nitrogens with one attached hydrogen (secondary N) is 1. The fraction of sp³-hybridized carbons (Fsp3) is 0.500. The van der Waals surface area contributed by atoms with E-state index in [2.05, 4.69) is 10.4 Å². The minimum absolute atomic E-state index is 0. The van der Waals surface area contributed by atoms with Crippen LogP contribution in [-0.2, 0) is 6.18 Å². The molecule has 2 heterocycles. The third-order valence-corrected chi connectivity index (χ3v) is 5.22. The molecule has 1 N–H and O–H groups in total. The summed E-state index contributed by atoms with van der Waals surface area (Å²) in [5, 5.41) is 7.01. The van der Waals surface area contributed by atoms with Crippen LogP contribution in [0.25, 0.3) is 5.69 Å². The highest BCUT2D eigenvalue weighted by atomic mass is 35.5. The Labute approximate surface area is 174 Å². The van der Waals surface area contributed by atoms with Gasteiger partial charge in [0.15, 0.2) is 5.69 Å². The molecule has 0 atom stereocenters. The first-order valence-electron chi connectivity index (χ1n) is 9.47. The van der Waals surface area contributed by atoms with Crippen LogP contribution in [0.4, 0.5) is 13.2 Å². The van der Waals surface area contributed by atoms with Crippen molar-refractivity contribution in [1.29, 1.82) is 0 Å². The zero-order valence-corrected chi connectivity index (χ0v) is 17.3. The number of aryl methyl sites for hydroxylation is 1. The number of amides is 1. The summed E-state index contributed by atoms with van der Waals surface area (Å²) in [4.78, 5) is 14.4. The number of carbonyl (C=O) groups excluding carboxylic acids is 1. The van der Waals surface area contributed by atoms with Gasteiger partial charge in [0.05, 0.1) is 17.4 Å². The van der Waals surface area contributed by atoms with Crippen LogP contribution in [0.2, 0.25) is 0 Å². The Kier molecular flexibility index (Phi) is 7.71. The van der Waals surface area contributed by atoms with Crippen LogP contribution in [0.15, 0.2) is 30.5 Å². The summed E-state index contributed by atoms with van der Waals surface area (Å²) in [6.45, 7) is 3.64. The molecular weight excluding hydrogens is 405 g/mol. The van der Waals surface area contributed by atoms with Crippen LogP contribution in [0.5, 0.6) is 0 Å². The summed E-state index contributed by atoms with van der Waals surface area (Å²) in [6.07, 6.45) is -1.02. The smallest absolute Gasteiger partial charge is 0.339 e. The van der Waals surface area contributed by atoms with Gasteiger partial charge in [0.25, 0.3) is 5.91 Å². The zero-order valence-electron chi connectivity index (χ0n) is 16.5. The Morgan fingerprint density at radius 3 is 2.55 bits per heavy atom. The first kappa shape index (κ1) is 23.2. The molecule has 0 aliphatic carbocycles. The van der Waals surface area contributed by atoms with Gasteiger partial charge in [0, 0.05) is 13.1 Å². The van der Waals surface area contributed by atoms with Crippen molar-refractivity contribution in [2.24, 2.45) is 5.92 Å². The Morgan fingerprint density at radius 2 is 1.97 bits per heavy atom. The standard InChI is InChI=1S/C20H25F3N4O.ClH/c1-14-4-3-5-16(12-14)27-18(20(21,22)23)17(13-25-27)19(28)26-10-7-15(8-11-26)6-9-24-2;/h3-5,12-13,15,24H,6-11H2,1-2H3;1H. The maximum Gasteiger partial charge on any atom is 0.434 e. The van der Waals surface area contributed by atoms with Crippen molar-refractivity contribution in [1.82, 2.24) is 20.0 Å². The molecule has 29 heavy (non-hydrogen) atoms. The van der Waals surface area contributed by atoms with Crippen molar-refractivity contribution in [2.75, 3.05) is 26.7 Å². The second kappa shape index (κ2) is 9.63. The number of benzene rings is 1. The lowest BCUT2D eigenvalue weighted by atomic mass is 9.93. The van der Waals surface area contributed by atoms with E-state index < -0.39 is 17.8 Å². The molecule has 3 rings (SSSR count). The molecule has 2 aromatic rings. The summed E-state index contributed by atoms with van der Waals surface area (Å²) < 4.78 is 42.3. The normalized spacial score (nSPS) is 15.3. The van der Waals surface area contributed by atoms with Crippen LogP contribution in [0.1, 0.15) is 40.9 Å². The summed E-state index contributed by atoms with van der Waals surface area (Å²) in [5.41, 5.74) is -0.294. The molecule has 1 aromatic heterocycles. The Morgan fingerprint density at radius 1 is 1.28 bits per heavy atom. The molecule has 0 saturated carbocycles. The summed E-state index contributed by atoms with van der Waals surface area (Å²) in [5.74, 6) is -0.105. The minimum atomic E-state index is -4.68. The fourth-order valence-electron chi connectivity index (χ4n) is 3.68. The molecule has 1 aliphatic rings. The SMILES string of the molecule is CNCCC1CCN(C(=O)c2cnn(-c3cccc(C)c3)c2C(F)(F)F)CC1.Cl. The maximum absolute atomic E-state index is 13.8. The van der Waals surface area contributed by atoms with Gasteiger partial charge in [-0.05, 0) is 63.4 Å². The van der Waals surface area contributed by atoms with Crippen molar-refractivity contribution in [3.05, 3.63) is 47.3 Å². The lowest BCUT2D eigenvalue weighted by Gasteiger charge is -2.32. The average Bonchev–Trinajstić information content (AvgIpc) is 3.12. The molecule has 9 heteroatoms. The third kappa shape index (κ3) is 5.30. The Hall–Kier alpha value is -2.06. The molecule has 160 valence electrons. The number of aromatic nitrogens is 2. The van der Waals surface area contributed by atoms with E-state index in [0.717, 1.165) is 42.2 Å². The average molecular weight is 431 g/mol. The number of piperidine rings is 1. The first-order valence-corrected chi connectivity index (χ1v) is 9.47. The van der Waals surface area contributed by atoms with Crippen molar-refractivity contribution < 1.29 is 18.0 Å². The molecule has 5 nitrogen and oxygen atoms in total. The third-order valence-electron chi connectivity index (χ3n) is 5.22. The Balaban J connectivity index is 0.00000300. The van der Waals surface area contributed by atoms with E-state index in [-0.39, 0.29) is 23.7 Å². The van der Waals surface area contributed by atoms with Gasteiger partial charge in [0.2, 0.25) is 0 Å². The van der Waals surface area contributed by atoms with E-state index in [1.165, 1.54) is 4.90 Å². The summed E-state index contributed by atoms with van der Waals surface area (Å²) >= 11 is 0. The van der Waals surface area contributed by atoms with Gasteiger partial charge in [-0.1, -0.05) is 12.1 Å². The zero-order chi connectivity index (χ0) is 20.3. The van der Waals surface area contributed by atoms with Gasteiger partial charge in [-0.3, -0.25) is 4.79 Å². The number of rotatable bonds is 5. The number of alkyl halides is 3. The van der Waals surface area contributed by atoms with Gasteiger partial charge in [-0.15, -0.1) is 12.4 Å². The maximum atomic E-state index is 13.8. The highest BCUT2D eigenvalue weighted by molar-refractivity contribution is 5.95. The van der Waals surface area contributed by atoms with Crippen LogP contribution in [-0.4, -0.2) is 47.3 Å². The number of halogens is 4. The molecule has 1 saturated heterocycles. The summed E-state index contributed by atoms with van der Waals surface area (Å²) in [7, 11) is 1.89. The number of carbonyl (C=O) groups is 1. The molecule has 1 fully saturated rings. The highest BCUT2D eigenvalue weighted by Crippen LogP contribution is 2.35. The molecule has 1 aliphatic heterocycles. The quantitative estimate of drug-likeness (QED) is 0.777. The van der Waals surface area contributed by atoms with E-state index in [4.69, 9.17) is 0 Å². The van der Waals surface area contributed by atoms with Crippen molar-refractivity contribution in [2.45, 2.75) is 32.4 Å². The monoisotopic (exact) mass is 430 g/mol. The van der Waals surface area contributed by atoms with E-state index in [9.17, 15) is 18.0 Å². The molecule has 1 aromatic carbocycles. The second-order valence-electron chi connectivity index (χ2n) is 7.28. The topological polar surface area (TPSA) is 50.2 Å². The molecule has 0 bridgehead atoms. The number of nitrogens with zero attached hydrogens (tertiary/aromatic N) is 3. The van der Waals surface area contributed by atoms with Gasteiger partial charge in [-0.25, -0.2) is 4.68 Å². The predicted molar refractivity (Wildman–Crippen MR) is 108 cm³/mol. The lowest BCUT2D eigenvalue weighted by molar-refractivity contribution is -0.143. The van der Waals surface area contributed by atoms with Gasteiger partial charge in [0.1, 0.15) is 0 Å². The largest absolute Gasteiger partial charge is 0.434 e. The minimum Gasteiger partial charge on any atom is -0.339 e. The molecule has 0 radical (unpaired) electrons. The van der Waals surface area contributed by atoms with Crippen LogP contribution in [0, 0.1) is 12.8 Å². The second-order valence-corrected chi connectivity index (χ2v) is 7.28. The van der Waals surface area contributed by atoms with Crippen molar-refractivity contribution in [3.8, 4) is 5.69 Å². The van der Waals surface area contributed by atoms with E-state index >= 15 is 0 Å². The lowest BCUT2D eigenvalue weighted by Crippen LogP contribution is -2.39. The number of hydrogen-bond donors (Lipinski definition) is 1. The van der Waals surface area contributed by atoms with E-state index in [1.807, 2.05) is 7.05 Å². The Bertz CT molecular complexity index is 829. The van der Waals surface area contributed by atoms with E-state index in [0.29, 0.717) is 19.0 Å². The fourth-order valence-corrected chi connectivity index (χ4v) is 3.68. The van der Waals surface area contributed by atoms with E-state index in [1.54, 1.807) is 31.2 Å². The van der Waals surface area contributed by atoms with Crippen molar-refractivity contribution in [3.63, 3.8) is 0 Å². The summed E-state index contributed by atoms with van der Waals surface area (Å²) in [6, 6.07) is 6.63.